The Bertz CT molecular complexity index is 1190. The summed E-state index contributed by atoms with van der Waals surface area (Å²) < 4.78 is 19.6. The minimum Gasteiger partial charge on any atom is -0.491 e. The van der Waals surface area contributed by atoms with Gasteiger partial charge in [0.1, 0.15) is 24.7 Å². The van der Waals surface area contributed by atoms with E-state index < -0.39 is 0 Å². The largest absolute Gasteiger partial charge is 0.491 e. The van der Waals surface area contributed by atoms with Gasteiger partial charge in [-0.1, -0.05) is 38.1 Å². The fraction of sp³-hybridized carbons (Fsp3) is 0.357. The van der Waals surface area contributed by atoms with Crippen molar-refractivity contribution in [2.75, 3.05) is 26.2 Å². The van der Waals surface area contributed by atoms with E-state index >= 15 is 0 Å². The molecule has 0 spiro atoms. The molecule has 0 aliphatic carbocycles. The maximum Gasteiger partial charge on any atom is 0.254 e. The zero-order valence-electron chi connectivity index (χ0n) is 20.4. The Morgan fingerprint density at radius 3 is 2.71 bits per heavy atom. The Hall–Kier alpha value is -3.19. The second-order valence-electron chi connectivity index (χ2n) is 9.31. The van der Waals surface area contributed by atoms with Gasteiger partial charge in [-0.3, -0.25) is 9.59 Å². The lowest BCUT2D eigenvalue weighted by Gasteiger charge is -2.37. The molecule has 7 heteroatoms. The zero-order valence-corrected chi connectivity index (χ0v) is 21.2. The summed E-state index contributed by atoms with van der Waals surface area (Å²) in [6.07, 6.45) is 0.769. The molecule has 0 fully saturated rings. The third-order valence-electron chi connectivity index (χ3n) is 6.19. The number of carbonyl (C=O) groups excluding carboxylic acids is 2. The summed E-state index contributed by atoms with van der Waals surface area (Å²) in [5, 5.41) is 2.03. The second kappa shape index (κ2) is 11.0. The van der Waals surface area contributed by atoms with Crippen molar-refractivity contribution >= 4 is 23.2 Å². The second-order valence-corrected chi connectivity index (χ2v) is 10.3. The number of amides is 2. The standard InChI is InChI=1S/C28H31FN2O3S/c1-19(2)16-30(28(33)23-10-5-4-7-20(23)3)17-27(32)31-13-11-26-24(12-14-35-26)25(31)18-34-22-9-6-8-21(29)15-22/h4-10,12,14-15,19,25H,11,13,16-18H2,1-3H3. The van der Waals surface area contributed by atoms with Crippen LogP contribution in [0.2, 0.25) is 0 Å². The van der Waals surface area contributed by atoms with Crippen LogP contribution in [0.4, 0.5) is 4.39 Å². The van der Waals surface area contributed by atoms with Gasteiger partial charge in [0.05, 0.1) is 6.04 Å². The Morgan fingerprint density at radius 2 is 1.97 bits per heavy atom. The minimum absolute atomic E-state index is 0.00127. The number of hydrogen-bond acceptors (Lipinski definition) is 4. The van der Waals surface area contributed by atoms with Gasteiger partial charge in [-0.05, 0) is 60.0 Å². The molecule has 1 aliphatic heterocycles. The van der Waals surface area contributed by atoms with Crippen LogP contribution in [0.5, 0.6) is 5.75 Å². The molecule has 0 N–H and O–H groups in total. The summed E-state index contributed by atoms with van der Waals surface area (Å²) in [6, 6.07) is 15.2. The van der Waals surface area contributed by atoms with E-state index in [-0.39, 0.29) is 42.7 Å². The zero-order chi connectivity index (χ0) is 24.9. The topological polar surface area (TPSA) is 49.9 Å². The molecule has 2 heterocycles. The molecule has 3 aromatic rings. The summed E-state index contributed by atoms with van der Waals surface area (Å²) in [5.41, 5.74) is 2.57. The van der Waals surface area contributed by atoms with Gasteiger partial charge in [0, 0.05) is 29.6 Å². The molecule has 0 saturated heterocycles. The molecule has 0 bridgehead atoms. The summed E-state index contributed by atoms with van der Waals surface area (Å²) >= 11 is 1.68. The SMILES string of the molecule is Cc1ccccc1C(=O)N(CC(=O)N1CCc2sccc2C1COc1cccc(F)c1)CC(C)C. The van der Waals surface area contributed by atoms with Crippen LogP contribution in [0.25, 0.3) is 0 Å². The van der Waals surface area contributed by atoms with Gasteiger partial charge in [0.25, 0.3) is 5.91 Å². The number of halogens is 1. The van der Waals surface area contributed by atoms with Crippen LogP contribution in [-0.2, 0) is 11.2 Å². The molecule has 0 radical (unpaired) electrons. The van der Waals surface area contributed by atoms with Crippen molar-refractivity contribution in [3.63, 3.8) is 0 Å². The van der Waals surface area contributed by atoms with Gasteiger partial charge >= 0.3 is 0 Å². The first-order valence-corrected chi connectivity index (χ1v) is 12.8. The Balaban J connectivity index is 1.55. The quantitative estimate of drug-likeness (QED) is 0.416. The molecule has 35 heavy (non-hydrogen) atoms. The molecule has 184 valence electrons. The van der Waals surface area contributed by atoms with E-state index in [9.17, 15) is 14.0 Å². The molecule has 2 aromatic carbocycles. The maximum atomic E-state index is 13.6. The number of hydrogen-bond donors (Lipinski definition) is 0. The van der Waals surface area contributed by atoms with Crippen LogP contribution < -0.4 is 4.74 Å². The summed E-state index contributed by atoms with van der Waals surface area (Å²) in [6.45, 7) is 7.24. The van der Waals surface area contributed by atoms with Gasteiger partial charge in [0.15, 0.2) is 0 Å². The lowest BCUT2D eigenvalue weighted by Crippen LogP contribution is -2.48. The van der Waals surface area contributed by atoms with E-state index in [1.165, 1.54) is 17.0 Å². The van der Waals surface area contributed by atoms with Crippen molar-refractivity contribution < 1.29 is 18.7 Å². The number of ether oxygens (including phenoxy) is 1. The smallest absolute Gasteiger partial charge is 0.254 e. The van der Waals surface area contributed by atoms with Crippen molar-refractivity contribution in [1.29, 1.82) is 0 Å². The third-order valence-corrected chi connectivity index (χ3v) is 7.19. The van der Waals surface area contributed by atoms with Crippen molar-refractivity contribution in [2.24, 2.45) is 5.92 Å². The first-order chi connectivity index (χ1) is 16.8. The summed E-state index contributed by atoms with van der Waals surface area (Å²) in [5.74, 6) is 0.0289. The monoisotopic (exact) mass is 494 g/mol. The number of carbonyl (C=O) groups is 2. The van der Waals surface area contributed by atoms with Crippen molar-refractivity contribution in [1.82, 2.24) is 9.80 Å². The number of nitrogens with zero attached hydrogens (tertiary/aromatic N) is 2. The lowest BCUT2D eigenvalue weighted by molar-refractivity contribution is -0.135. The van der Waals surface area contributed by atoms with Gasteiger partial charge < -0.3 is 14.5 Å². The molecule has 1 unspecified atom stereocenters. The normalized spacial score (nSPS) is 15.1. The Kier molecular flexibility index (Phi) is 7.86. The maximum absolute atomic E-state index is 13.6. The van der Waals surface area contributed by atoms with Crippen LogP contribution in [0, 0.1) is 18.7 Å². The van der Waals surface area contributed by atoms with Gasteiger partial charge in [-0.15, -0.1) is 11.3 Å². The van der Waals surface area contributed by atoms with Crippen LogP contribution in [0.15, 0.2) is 60.0 Å². The average Bonchev–Trinajstić information content (AvgIpc) is 3.31. The van der Waals surface area contributed by atoms with E-state index in [1.54, 1.807) is 28.4 Å². The summed E-state index contributed by atoms with van der Waals surface area (Å²) in [7, 11) is 0. The molecule has 0 saturated carbocycles. The number of aryl methyl sites for hydroxylation is 1. The Morgan fingerprint density at radius 1 is 1.17 bits per heavy atom. The molecule has 2 amide bonds. The lowest BCUT2D eigenvalue weighted by atomic mass is 10.00. The van der Waals surface area contributed by atoms with Crippen LogP contribution >= 0.6 is 11.3 Å². The highest BCUT2D eigenvalue weighted by atomic mass is 32.1. The van der Waals surface area contributed by atoms with E-state index in [4.69, 9.17) is 4.74 Å². The summed E-state index contributed by atoms with van der Waals surface area (Å²) in [4.78, 5) is 31.7. The van der Waals surface area contributed by atoms with E-state index in [0.717, 1.165) is 17.5 Å². The average molecular weight is 495 g/mol. The van der Waals surface area contributed by atoms with Crippen LogP contribution in [0.1, 0.15) is 46.3 Å². The predicted octanol–water partition coefficient (Wildman–Crippen LogP) is 5.50. The Labute approximate surface area is 210 Å². The van der Waals surface area contributed by atoms with Crippen molar-refractivity contribution in [2.45, 2.75) is 33.2 Å². The van der Waals surface area contributed by atoms with E-state index in [2.05, 4.69) is 0 Å². The molecule has 1 aromatic heterocycles. The van der Waals surface area contributed by atoms with Gasteiger partial charge in [-0.2, -0.15) is 0 Å². The highest BCUT2D eigenvalue weighted by Crippen LogP contribution is 2.34. The molecule has 1 atom stereocenters. The molecule has 5 nitrogen and oxygen atoms in total. The minimum atomic E-state index is -0.366. The van der Waals surface area contributed by atoms with Crippen molar-refractivity contribution in [3.8, 4) is 5.75 Å². The highest BCUT2D eigenvalue weighted by molar-refractivity contribution is 7.10. The van der Waals surface area contributed by atoms with E-state index in [1.807, 2.05) is 61.4 Å². The van der Waals surface area contributed by atoms with E-state index in [0.29, 0.717) is 24.4 Å². The van der Waals surface area contributed by atoms with Gasteiger partial charge in [0.2, 0.25) is 5.91 Å². The number of fused-ring (bicyclic) bond motifs is 1. The van der Waals surface area contributed by atoms with Crippen LogP contribution in [0.3, 0.4) is 0 Å². The van der Waals surface area contributed by atoms with Crippen molar-refractivity contribution in [3.05, 3.63) is 87.4 Å². The molecule has 4 rings (SSSR count). The predicted molar refractivity (Wildman–Crippen MR) is 136 cm³/mol. The molecule has 1 aliphatic rings. The first-order valence-electron chi connectivity index (χ1n) is 11.9. The number of thiophene rings is 1. The highest BCUT2D eigenvalue weighted by Gasteiger charge is 2.34. The molecular formula is C28H31FN2O3S. The number of rotatable bonds is 8. The first kappa shape index (κ1) is 24.9. The number of benzene rings is 2. The fourth-order valence-electron chi connectivity index (χ4n) is 4.50. The third kappa shape index (κ3) is 5.90. The fourth-order valence-corrected chi connectivity index (χ4v) is 5.43. The van der Waals surface area contributed by atoms with Crippen LogP contribution in [-0.4, -0.2) is 47.9 Å². The van der Waals surface area contributed by atoms with Gasteiger partial charge in [-0.25, -0.2) is 4.39 Å². The molecular weight excluding hydrogens is 463 g/mol.